The summed E-state index contributed by atoms with van der Waals surface area (Å²) in [4.78, 5) is 26.2. The summed E-state index contributed by atoms with van der Waals surface area (Å²) in [5, 5.41) is 23.7. The number of allylic oxidation sites excluding steroid dienone is 2. The fraction of sp³-hybridized carbons (Fsp3) is 0.927. The topological polar surface area (TPSA) is 95.9 Å². The molecule has 0 heterocycles. The maximum absolute atomic E-state index is 13.2. The number of rotatable bonds is 50. The summed E-state index contributed by atoms with van der Waals surface area (Å²) in [6.07, 6.45) is 55.6. The normalized spacial score (nSPS) is 13.2. The van der Waals surface area contributed by atoms with Crippen LogP contribution in [0.1, 0.15) is 303 Å². The van der Waals surface area contributed by atoms with Crippen LogP contribution in [0.15, 0.2) is 12.2 Å². The van der Waals surface area contributed by atoms with E-state index in [4.69, 9.17) is 4.74 Å². The Morgan fingerprint density at radius 2 is 0.787 bits per heavy atom. The Morgan fingerprint density at radius 1 is 0.459 bits per heavy atom. The highest BCUT2D eigenvalue weighted by atomic mass is 16.5. The van der Waals surface area contributed by atoms with Gasteiger partial charge in [-0.1, -0.05) is 251 Å². The number of unbranched alkanes of at least 4 members (excludes halogenated alkanes) is 36. The van der Waals surface area contributed by atoms with Gasteiger partial charge in [0, 0.05) is 6.42 Å². The summed E-state index contributed by atoms with van der Waals surface area (Å²) in [7, 11) is 0. The average Bonchev–Trinajstić information content (AvgIpc) is 3.25. The summed E-state index contributed by atoms with van der Waals surface area (Å²) < 4.78 is 5.95. The molecule has 61 heavy (non-hydrogen) atoms. The Balaban J connectivity index is 4.50. The standard InChI is InChI=1S/C55H107NO5/c1-4-7-10-13-16-19-21-23-25-27-29-31-33-36-39-42-45-48-55(60)61-51(46-43-40-37-35-32-30-28-26-24-22-20-17-14-11-8-5-2)49-54(59)56-52(50-57)53(58)47-44-41-38-34-18-15-12-9-6-3/h23,25,51-53,57-58H,4-22,24,26-50H2,1-3H3,(H,56,59)/b25-23+. The molecule has 0 aliphatic heterocycles. The number of nitrogens with one attached hydrogen (secondary N) is 1. The van der Waals surface area contributed by atoms with Crippen LogP contribution in [-0.2, 0) is 14.3 Å². The van der Waals surface area contributed by atoms with Crippen molar-refractivity contribution in [1.29, 1.82) is 0 Å². The van der Waals surface area contributed by atoms with Gasteiger partial charge in [-0.3, -0.25) is 9.59 Å². The summed E-state index contributed by atoms with van der Waals surface area (Å²) >= 11 is 0. The lowest BCUT2D eigenvalue weighted by molar-refractivity contribution is -0.151. The van der Waals surface area contributed by atoms with E-state index in [1.165, 1.54) is 212 Å². The highest BCUT2D eigenvalue weighted by Gasteiger charge is 2.24. The molecule has 0 saturated carbocycles. The molecule has 0 rings (SSSR count). The Bertz CT molecular complexity index is 924. The number of esters is 1. The van der Waals surface area contributed by atoms with Crippen LogP contribution in [0.3, 0.4) is 0 Å². The lowest BCUT2D eigenvalue weighted by atomic mass is 10.0. The molecule has 0 radical (unpaired) electrons. The van der Waals surface area contributed by atoms with E-state index in [-0.39, 0.29) is 24.9 Å². The van der Waals surface area contributed by atoms with Crippen molar-refractivity contribution in [3.05, 3.63) is 12.2 Å². The zero-order valence-electron chi connectivity index (χ0n) is 41.3. The Kier molecular flexibility index (Phi) is 48.5. The van der Waals surface area contributed by atoms with E-state index in [1.807, 2.05) is 0 Å². The number of hydrogen-bond donors (Lipinski definition) is 3. The SMILES string of the molecule is CCCCCCCC/C=C/CCCCCCCCCC(=O)OC(CCCCCCCCCCCCCCCCCC)CC(=O)NC(CO)C(O)CCCCCCCCCCC. The quantitative estimate of drug-likeness (QED) is 0.0322. The van der Waals surface area contributed by atoms with Crippen LogP contribution >= 0.6 is 0 Å². The number of aliphatic hydroxyl groups excluding tert-OH is 2. The highest BCUT2D eigenvalue weighted by molar-refractivity contribution is 5.77. The second-order valence-corrected chi connectivity index (χ2v) is 19.0. The van der Waals surface area contributed by atoms with Crippen LogP contribution in [0.5, 0.6) is 0 Å². The average molecular weight is 862 g/mol. The first-order valence-corrected chi connectivity index (χ1v) is 27.4. The van der Waals surface area contributed by atoms with Crippen molar-refractivity contribution in [2.45, 2.75) is 322 Å². The number of amides is 1. The molecule has 3 N–H and O–H groups in total. The third-order valence-electron chi connectivity index (χ3n) is 12.8. The van der Waals surface area contributed by atoms with Crippen molar-refractivity contribution < 1.29 is 24.5 Å². The van der Waals surface area contributed by atoms with Crippen molar-refractivity contribution in [3.63, 3.8) is 0 Å². The van der Waals surface area contributed by atoms with Gasteiger partial charge < -0.3 is 20.3 Å². The lowest BCUT2D eigenvalue weighted by Crippen LogP contribution is -2.46. The molecule has 0 spiro atoms. The summed E-state index contributed by atoms with van der Waals surface area (Å²) in [5.41, 5.74) is 0. The molecule has 0 saturated heterocycles. The molecule has 0 bridgehead atoms. The molecule has 1 amide bonds. The van der Waals surface area contributed by atoms with Gasteiger partial charge >= 0.3 is 5.97 Å². The third kappa shape index (κ3) is 45.0. The van der Waals surface area contributed by atoms with Gasteiger partial charge in [0.25, 0.3) is 0 Å². The van der Waals surface area contributed by atoms with Crippen LogP contribution in [0.4, 0.5) is 0 Å². The van der Waals surface area contributed by atoms with E-state index in [0.29, 0.717) is 19.3 Å². The first kappa shape index (κ1) is 59.6. The summed E-state index contributed by atoms with van der Waals surface area (Å²) in [6.45, 7) is 6.49. The summed E-state index contributed by atoms with van der Waals surface area (Å²) in [5.74, 6) is -0.459. The van der Waals surface area contributed by atoms with E-state index >= 15 is 0 Å². The molecule has 0 fully saturated rings. The van der Waals surface area contributed by atoms with Crippen molar-refractivity contribution >= 4 is 11.9 Å². The van der Waals surface area contributed by atoms with E-state index in [0.717, 1.165) is 44.9 Å². The largest absolute Gasteiger partial charge is 0.462 e. The van der Waals surface area contributed by atoms with Crippen molar-refractivity contribution in [2.75, 3.05) is 6.61 Å². The van der Waals surface area contributed by atoms with Crippen LogP contribution in [0, 0.1) is 0 Å². The molecular weight excluding hydrogens is 755 g/mol. The predicted molar refractivity (Wildman–Crippen MR) is 264 cm³/mol. The molecule has 3 unspecified atom stereocenters. The van der Waals surface area contributed by atoms with E-state index in [1.54, 1.807) is 0 Å². The van der Waals surface area contributed by atoms with E-state index < -0.39 is 18.2 Å². The van der Waals surface area contributed by atoms with E-state index in [2.05, 4.69) is 38.2 Å². The van der Waals surface area contributed by atoms with Crippen molar-refractivity contribution in [2.24, 2.45) is 0 Å². The van der Waals surface area contributed by atoms with Crippen LogP contribution in [0.2, 0.25) is 0 Å². The minimum Gasteiger partial charge on any atom is -0.462 e. The Morgan fingerprint density at radius 3 is 1.16 bits per heavy atom. The summed E-state index contributed by atoms with van der Waals surface area (Å²) in [6, 6.07) is -0.695. The monoisotopic (exact) mass is 862 g/mol. The predicted octanol–water partition coefficient (Wildman–Crippen LogP) is 16.5. The molecule has 0 aromatic rings. The van der Waals surface area contributed by atoms with Gasteiger partial charge in [-0.05, 0) is 51.4 Å². The molecule has 362 valence electrons. The second kappa shape index (κ2) is 49.6. The van der Waals surface area contributed by atoms with Gasteiger partial charge in [-0.25, -0.2) is 0 Å². The van der Waals surface area contributed by atoms with Gasteiger partial charge in [0.1, 0.15) is 6.10 Å². The van der Waals surface area contributed by atoms with Crippen molar-refractivity contribution in [1.82, 2.24) is 5.32 Å². The molecule has 0 aliphatic carbocycles. The lowest BCUT2D eigenvalue weighted by Gasteiger charge is -2.24. The first-order chi connectivity index (χ1) is 30.0. The fourth-order valence-corrected chi connectivity index (χ4v) is 8.66. The molecule has 0 aromatic carbocycles. The number of aliphatic hydroxyl groups is 2. The zero-order valence-corrected chi connectivity index (χ0v) is 41.3. The molecule has 6 nitrogen and oxygen atoms in total. The Hall–Kier alpha value is -1.40. The van der Waals surface area contributed by atoms with Crippen LogP contribution < -0.4 is 5.32 Å². The number of carbonyl (C=O) groups is 2. The molecular formula is C55H107NO5. The van der Waals surface area contributed by atoms with Gasteiger partial charge in [-0.15, -0.1) is 0 Å². The third-order valence-corrected chi connectivity index (χ3v) is 12.8. The first-order valence-electron chi connectivity index (χ1n) is 27.4. The van der Waals surface area contributed by atoms with Gasteiger partial charge in [0.05, 0.1) is 25.2 Å². The minimum absolute atomic E-state index is 0.0833. The van der Waals surface area contributed by atoms with Gasteiger partial charge in [-0.2, -0.15) is 0 Å². The Labute approximate surface area is 380 Å². The minimum atomic E-state index is -0.781. The fourth-order valence-electron chi connectivity index (χ4n) is 8.66. The van der Waals surface area contributed by atoms with E-state index in [9.17, 15) is 19.8 Å². The van der Waals surface area contributed by atoms with Gasteiger partial charge in [0.2, 0.25) is 5.91 Å². The van der Waals surface area contributed by atoms with Crippen molar-refractivity contribution in [3.8, 4) is 0 Å². The van der Waals surface area contributed by atoms with Gasteiger partial charge in [0.15, 0.2) is 0 Å². The zero-order chi connectivity index (χ0) is 44.5. The number of carbonyl (C=O) groups excluding carboxylic acids is 2. The number of hydrogen-bond acceptors (Lipinski definition) is 5. The molecule has 6 heteroatoms. The molecule has 3 atom stereocenters. The highest BCUT2D eigenvalue weighted by Crippen LogP contribution is 2.19. The smallest absolute Gasteiger partial charge is 0.306 e. The van der Waals surface area contributed by atoms with Crippen LogP contribution in [0.25, 0.3) is 0 Å². The maximum Gasteiger partial charge on any atom is 0.306 e. The maximum atomic E-state index is 13.2. The molecule has 0 aromatic heterocycles. The number of ether oxygens (including phenoxy) is 1. The second-order valence-electron chi connectivity index (χ2n) is 19.0. The van der Waals surface area contributed by atoms with Crippen LogP contribution in [-0.4, -0.2) is 46.9 Å². The molecule has 0 aliphatic rings.